The second kappa shape index (κ2) is 4.67. The van der Waals surface area contributed by atoms with E-state index >= 15 is 0 Å². The summed E-state index contributed by atoms with van der Waals surface area (Å²) in [6.07, 6.45) is 0.541. The molecule has 0 saturated carbocycles. The zero-order valence-corrected chi connectivity index (χ0v) is 12.6. The van der Waals surface area contributed by atoms with Gasteiger partial charge in [0, 0.05) is 28.0 Å². The van der Waals surface area contributed by atoms with Crippen molar-refractivity contribution in [3.8, 4) is 0 Å². The molecule has 0 radical (unpaired) electrons. The van der Waals surface area contributed by atoms with E-state index in [9.17, 15) is 4.79 Å². The number of hydrogen-bond donors (Lipinski definition) is 1. The third-order valence-corrected chi connectivity index (χ3v) is 4.42. The van der Waals surface area contributed by atoms with Gasteiger partial charge in [0.05, 0.1) is 0 Å². The molecule has 1 saturated heterocycles. The number of nitrogens with zero attached hydrogens (tertiary/aromatic N) is 1. The number of aryl methyl sites for hydroxylation is 1. The molecule has 2 rings (SSSR count). The Bertz CT molecular complexity index is 485. The predicted molar refractivity (Wildman–Crippen MR) is 77.6 cm³/mol. The number of nitrogens with two attached hydrogens (primary N) is 1. The third kappa shape index (κ3) is 2.08. The van der Waals surface area contributed by atoms with Gasteiger partial charge in [-0.05, 0) is 51.1 Å². The zero-order valence-electron chi connectivity index (χ0n) is 11.0. The summed E-state index contributed by atoms with van der Waals surface area (Å²) in [6, 6.07) is 6.01. The summed E-state index contributed by atoms with van der Waals surface area (Å²) in [5, 5.41) is 0. The minimum absolute atomic E-state index is 0.167. The molecule has 1 heterocycles. The summed E-state index contributed by atoms with van der Waals surface area (Å²) in [5.41, 5.74) is 7.66. The Morgan fingerprint density at radius 3 is 2.67 bits per heavy atom. The van der Waals surface area contributed by atoms with Gasteiger partial charge in [0.25, 0.3) is 0 Å². The maximum Gasteiger partial charge on any atom is 0.227 e. The van der Waals surface area contributed by atoms with Crippen LogP contribution in [-0.2, 0) is 4.79 Å². The molecule has 0 bridgehead atoms. The van der Waals surface area contributed by atoms with Crippen molar-refractivity contribution in [2.75, 3.05) is 11.4 Å². The lowest BCUT2D eigenvalue weighted by Gasteiger charge is -2.36. The molecule has 0 aromatic heterocycles. The van der Waals surface area contributed by atoms with Crippen LogP contribution in [0, 0.1) is 12.8 Å². The first-order chi connectivity index (χ1) is 8.37. The zero-order chi connectivity index (χ0) is 13.5. The predicted octanol–water partition coefficient (Wildman–Crippen LogP) is 2.85. The first kappa shape index (κ1) is 13.6. The second-order valence-electron chi connectivity index (χ2n) is 5.45. The van der Waals surface area contributed by atoms with Crippen molar-refractivity contribution in [3.05, 3.63) is 28.2 Å². The molecule has 0 spiro atoms. The topological polar surface area (TPSA) is 46.3 Å². The van der Waals surface area contributed by atoms with Crippen LogP contribution in [0.3, 0.4) is 0 Å². The summed E-state index contributed by atoms with van der Waals surface area (Å²) in [5.74, 6) is 0.383. The summed E-state index contributed by atoms with van der Waals surface area (Å²) in [6.45, 7) is 6.76. The molecule has 2 N–H and O–H groups in total. The molecule has 1 aromatic carbocycles. The minimum atomic E-state index is -0.218. The molecule has 4 heteroatoms. The maximum absolute atomic E-state index is 12.3. The Kier molecular flexibility index (Phi) is 3.52. The van der Waals surface area contributed by atoms with E-state index in [-0.39, 0.29) is 17.4 Å². The van der Waals surface area contributed by atoms with Crippen LogP contribution in [0.25, 0.3) is 0 Å². The van der Waals surface area contributed by atoms with Gasteiger partial charge in [-0.3, -0.25) is 4.79 Å². The normalized spacial score (nSPS) is 22.6. The molecule has 1 aromatic rings. The van der Waals surface area contributed by atoms with E-state index in [0.29, 0.717) is 13.0 Å². The van der Waals surface area contributed by atoms with Crippen LogP contribution in [0.1, 0.15) is 25.8 Å². The van der Waals surface area contributed by atoms with Crippen molar-refractivity contribution < 1.29 is 4.79 Å². The highest BCUT2D eigenvalue weighted by atomic mass is 79.9. The Morgan fingerprint density at radius 2 is 2.17 bits per heavy atom. The molecule has 1 fully saturated rings. The number of benzene rings is 1. The van der Waals surface area contributed by atoms with Crippen molar-refractivity contribution in [2.24, 2.45) is 11.7 Å². The van der Waals surface area contributed by atoms with Gasteiger partial charge in [0.15, 0.2) is 0 Å². The highest BCUT2D eigenvalue weighted by Gasteiger charge is 2.46. The molecule has 98 valence electrons. The number of rotatable bonds is 2. The molecule has 1 aliphatic heterocycles. The summed E-state index contributed by atoms with van der Waals surface area (Å²) in [7, 11) is 0. The van der Waals surface area contributed by atoms with Crippen molar-refractivity contribution in [2.45, 2.75) is 32.7 Å². The van der Waals surface area contributed by atoms with Gasteiger partial charge in [-0.15, -0.1) is 0 Å². The Labute approximate surface area is 116 Å². The molecule has 18 heavy (non-hydrogen) atoms. The molecular weight excluding hydrogens is 292 g/mol. The van der Waals surface area contributed by atoms with E-state index in [1.54, 1.807) is 0 Å². The van der Waals surface area contributed by atoms with Gasteiger partial charge in [-0.1, -0.05) is 15.9 Å². The van der Waals surface area contributed by atoms with Crippen molar-refractivity contribution in [3.63, 3.8) is 0 Å². The number of carbonyl (C=O) groups excluding carboxylic acids is 1. The molecule has 1 unspecified atom stereocenters. The fourth-order valence-corrected chi connectivity index (χ4v) is 3.22. The lowest BCUT2D eigenvalue weighted by Crippen LogP contribution is -2.46. The second-order valence-corrected chi connectivity index (χ2v) is 6.37. The minimum Gasteiger partial charge on any atom is -0.330 e. The van der Waals surface area contributed by atoms with Crippen LogP contribution < -0.4 is 10.6 Å². The summed E-state index contributed by atoms with van der Waals surface area (Å²) < 4.78 is 1.03. The fraction of sp³-hybridized carbons (Fsp3) is 0.500. The smallest absolute Gasteiger partial charge is 0.227 e. The number of halogens is 1. The fourth-order valence-electron chi connectivity index (χ4n) is 2.74. The van der Waals surface area contributed by atoms with Crippen LogP contribution in [0.2, 0.25) is 0 Å². The summed E-state index contributed by atoms with van der Waals surface area (Å²) in [4.78, 5) is 14.2. The number of carbonyl (C=O) groups is 1. The first-order valence-corrected chi connectivity index (χ1v) is 6.96. The van der Waals surface area contributed by atoms with E-state index in [1.165, 1.54) is 0 Å². The van der Waals surface area contributed by atoms with Crippen LogP contribution in [-0.4, -0.2) is 18.0 Å². The van der Waals surface area contributed by atoms with Crippen LogP contribution in [0.4, 0.5) is 5.69 Å². The molecule has 1 amide bonds. The van der Waals surface area contributed by atoms with Gasteiger partial charge >= 0.3 is 0 Å². The number of hydrogen-bond acceptors (Lipinski definition) is 2. The van der Waals surface area contributed by atoms with Gasteiger partial charge in [0.2, 0.25) is 5.91 Å². The quantitative estimate of drug-likeness (QED) is 0.913. The monoisotopic (exact) mass is 310 g/mol. The van der Waals surface area contributed by atoms with Crippen molar-refractivity contribution in [1.82, 2.24) is 0 Å². The third-order valence-electron chi connectivity index (χ3n) is 3.93. The molecule has 0 aliphatic carbocycles. The molecular formula is C14H19BrN2O. The number of amides is 1. The average Bonchev–Trinajstić information content (AvgIpc) is 2.50. The van der Waals surface area contributed by atoms with Crippen LogP contribution in [0.15, 0.2) is 22.7 Å². The van der Waals surface area contributed by atoms with E-state index in [0.717, 1.165) is 15.7 Å². The highest BCUT2D eigenvalue weighted by molar-refractivity contribution is 9.10. The number of anilines is 1. The van der Waals surface area contributed by atoms with E-state index in [1.807, 2.05) is 30.0 Å². The lowest BCUT2D eigenvalue weighted by atomic mass is 9.88. The largest absolute Gasteiger partial charge is 0.330 e. The van der Waals surface area contributed by atoms with E-state index in [2.05, 4.69) is 29.8 Å². The standard InChI is InChI=1S/C14H19BrN2O/c1-9-6-11(15)4-5-12(9)17-13(18)7-10(8-16)14(17,2)3/h4-6,10H,7-8,16H2,1-3H3. The summed E-state index contributed by atoms with van der Waals surface area (Å²) >= 11 is 3.45. The molecule has 1 atom stereocenters. The van der Waals surface area contributed by atoms with Gasteiger partial charge in [0.1, 0.15) is 0 Å². The average molecular weight is 311 g/mol. The Hall–Kier alpha value is -0.870. The Morgan fingerprint density at radius 1 is 1.50 bits per heavy atom. The SMILES string of the molecule is Cc1cc(Br)ccc1N1C(=O)CC(CN)C1(C)C. The maximum atomic E-state index is 12.3. The molecule has 3 nitrogen and oxygen atoms in total. The highest BCUT2D eigenvalue weighted by Crippen LogP contribution is 2.40. The first-order valence-electron chi connectivity index (χ1n) is 6.17. The lowest BCUT2D eigenvalue weighted by molar-refractivity contribution is -0.117. The van der Waals surface area contributed by atoms with Gasteiger partial charge in [-0.2, -0.15) is 0 Å². The Balaban J connectivity index is 2.46. The van der Waals surface area contributed by atoms with Crippen molar-refractivity contribution >= 4 is 27.5 Å². The van der Waals surface area contributed by atoms with Crippen LogP contribution >= 0.6 is 15.9 Å². The van der Waals surface area contributed by atoms with Gasteiger partial charge in [-0.25, -0.2) is 0 Å². The van der Waals surface area contributed by atoms with E-state index < -0.39 is 0 Å². The molecule has 1 aliphatic rings. The van der Waals surface area contributed by atoms with Crippen molar-refractivity contribution in [1.29, 1.82) is 0 Å². The van der Waals surface area contributed by atoms with Gasteiger partial charge < -0.3 is 10.6 Å². The van der Waals surface area contributed by atoms with E-state index in [4.69, 9.17) is 5.73 Å². The van der Waals surface area contributed by atoms with Crippen LogP contribution in [0.5, 0.6) is 0 Å².